The third-order valence-electron chi connectivity index (χ3n) is 5.62. The van der Waals surface area contributed by atoms with Crippen LogP contribution in [0.3, 0.4) is 0 Å². The van der Waals surface area contributed by atoms with Gasteiger partial charge in [0.15, 0.2) is 6.29 Å². The first-order chi connectivity index (χ1) is 13.3. The van der Waals surface area contributed by atoms with E-state index < -0.39 is 73.3 Å². The Kier molecular flexibility index (Phi) is 6.22. The van der Waals surface area contributed by atoms with E-state index in [1.807, 2.05) is 0 Å². The molecule has 1 saturated heterocycles. The van der Waals surface area contributed by atoms with Crippen LogP contribution in [0.25, 0.3) is 0 Å². The monoisotopic (exact) mass is 404 g/mol. The molecule has 0 aromatic rings. The van der Waals surface area contributed by atoms with E-state index in [9.17, 15) is 35.1 Å². The predicted molar refractivity (Wildman–Crippen MR) is 87.2 cm³/mol. The van der Waals surface area contributed by atoms with E-state index in [-0.39, 0.29) is 12.0 Å². The molecule has 9 unspecified atom stereocenters. The van der Waals surface area contributed by atoms with Crippen LogP contribution in [0, 0.1) is 17.8 Å². The number of aliphatic hydroxyl groups is 4. The lowest BCUT2D eigenvalue weighted by Gasteiger charge is -2.43. The maximum Gasteiger partial charge on any atom is 0.337 e. The molecule has 11 heteroatoms. The SMILES string of the molecule is COC(=O)C1=COC(OC2OC(CO)C(O)C(O)C2O)C2C(C(=O)O)CCC12. The Labute approximate surface area is 160 Å². The molecule has 2 heterocycles. The quantitative estimate of drug-likeness (QED) is 0.319. The zero-order valence-corrected chi connectivity index (χ0v) is 15.1. The van der Waals surface area contributed by atoms with Gasteiger partial charge in [-0.2, -0.15) is 0 Å². The van der Waals surface area contributed by atoms with Crippen molar-refractivity contribution in [2.45, 2.75) is 49.8 Å². The van der Waals surface area contributed by atoms with Crippen molar-refractivity contribution in [3.8, 4) is 0 Å². The zero-order chi connectivity index (χ0) is 20.6. The lowest BCUT2D eigenvalue weighted by Crippen LogP contribution is -2.60. The average Bonchev–Trinajstić information content (AvgIpc) is 3.13. The second kappa shape index (κ2) is 8.31. The number of carboxylic acid groups (broad SMARTS) is 1. The number of esters is 1. The first-order valence-electron chi connectivity index (χ1n) is 8.92. The molecule has 158 valence electrons. The number of fused-ring (bicyclic) bond motifs is 1. The lowest BCUT2D eigenvalue weighted by atomic mass is 9.83. The fraction of sp³-hybridized carbons (Fsp3) is 0.765. The summed E-state index contributed by atoms with van der Waals surface area (Å²) in [5.74, 6) is -3.83. The zero-order valence-electron chi connectivity index (χ0n) is 15.1. The summed E-state index contributed by atoms with van der Waals surface area (Å²) in [5.41, 5.74) is 0.199. The summed E-state index contributed by atoms with van der Waals surface area (Å²) in [6.45, 7) is -0.632. The van der Waals surface area contributed by atoms with Crippen molar-refractivity contribution >= 4 is 11.9 Å². The number of aliphatic carboxylic acids is 1. The van der Waals surface area contributed by atoms with Gasteiger partial charge in [0.2, 0.25) is 6.29 Å². The number of ether oxygens (including phenoxy) is 4. The van der Waals surface area contributed by atoms with E-state index in [2.05, 4.69) is 0 Å². The Hall–Kier alpha value is -1.76. The molecule has 5 N–H and O–H groups in total. The van der Waals surface area contributed by atoms with Crippen molar-refractivity contribution in [1.29, 1.82) is 0 Å². The van der Waals surface area contributed by atoms with Crippen LogP contribution >= 0.6 is 0 Å². The largest absolute Gasteiger partial charge is 0.481 e. The summed E-state index contributed by atoms with van der Waals surface area (Å²) in [6.07, 6.45) is -6.87. The van der Waals surface area contributed by atoms with Crippen molar-refractivity contribution in [1.82, 2.24) is 0 Å². The van der Waals surface area contributed by atoms with Crippen molar-refractivity contribution < 1.29 is 54.1 Å². The Morgan fingerprint density at radius 2 is 1.86 bits per heavy atom. The Morgan fingerprint density at radius 1 is 1.14 bits per heavy atom. The van der Waals surface area contributed by atoms with E-state index in [1.165, 1.54) is 7.11 Å². The number of carboxylic acids is 1. The van der Waals surface area contributed by atoms with Gasteiger partial charge in [0.05, 0.1) is 31.5 Å². The van der Waals surface area contributed by atoms with Crippen molar-refractivity contribution in [3.05, 3.63) is 11.8 Å². The normalized spacial score (nSPS) is 42.9. The Bertz CT molecular complexity index is 633. The number of carbonyl (C=O) groups is 2. The van der Waals surface area contributed by atoms with Crippen LogP contribution in [0.4, 0.5) is 0 Å². The molecule has 0 radical (unpaired) electrons. The van der Waals surface area contributed by atoms with E-state index >= 15 is 0 Å². The molecule has 2 aliphatic heterocycles. The molecule has 0 aromatic carbocycles. The molecule has 2 fully saturated rings. The van der Waals surface area contributed by atoms with Gasteiger partial charge in [-0.1, -0.05) is 0 Å². The minimum atomic E-state index is -1.66. The van der Waals surface area contributed by atoms with Crippen LogP contribution in [0.5, 0.6) is 0 Å². The summed E-state index contributed by atoms with van der Waals surface area (Å²) in [7, 11) is 1.21. The van der Waals surface area contributed by atoms with Crippen LogP contribution in [-0.2, 0) is 28.5 Å². The van der Waals surface area contributed by atoms with E-state index in [1.54, 1.807) is 0 Å². The highest BCUT2D eigenvalue weighted by Gasteiger charge is 2.53. The van der Waals surface area contributed by atoms with Gasteiger partial charge in [-0.05, 0) is 12.8 Å². The molecular formula is C17H24O11. The number of methoxy groups -OCH3 is 1. The molecule has 3 aliphatic rings. The van der Waals surface area contributed by atoms with E-state index in [4.69, 9.17) is 18.9 Å². The number of rotatable bonds is 5. The summed E-state index contributed by atoms with van der Waals surface area (Å²) < 4.78 is 21.1. The number of hydrogen-bond acceptors (Lipinski definition) is 10. The van der Waals surface area contributed by atoms with Gasteiger partial charge in [-0.25, -0.2) is 4.79 Å². The number of carbonyl (C=O) groups excluding carboxylic acids is 1. The predicted octanol–water partition coefficient (Wildman–Crippen LogP) is -2.06. The van der Waals surface area contributed by atoms with Gasteiger partial charge >= 0.3 is 11.9 Å². The van der Waals surface area contributed by atoms with Gasteiger partial charge in [0.25, 0.3) is 0 Å². The smallest absolute Gasteiger partial charge is 0.337 e. The van der Waals surface area contributed by atoms with Gasteiger partial charge in [0.1, 0.15) is 24.4 Å². The van der Waals surface area contributed by atoms with Gasteiger partial charge in [-0.3, -0.25) is 4.79 Å². The molecule has 1 aliphatic carbocycles. The maximum absolute atomic E-state index is 12.0. The highest BCUT2D eigenvalue weighted by atomic mass is 16.8. The Morgan fingerprint density at radius 3 is 2.46 bits per heavy atom. The van der Waals surface area contributed by atoms with E-state index in [0.29, 0.717) is 6.42 Å². The van der Waals surface area contributed by atoms with Crippen molar-refractivity contribution in [3.63, 3.8) is 0 Å². The molecule has 0 bridgehead atoms. The molecule has 11 nitrogen and oxygen atoms in total. The van der Waals surface area contributed by atoms with Crippen LogP contribution in [-0.4, -0.2) is 88.2 Å². The average molecular weight is 404 g/mol. The van der Waals surface area contributed by atoms with Crippen molar-refractivity contribution in [2.24, 2.45) is 17.8 Å². The minimum absolute atomic E-state index is 0.199. The lowest BCUT2D eigenvalue weighted by molar-refractivity contribution is -0.342. The summed E-state index contributed by atoms with van der Waals surface area (Å²) in [6, 6.07) is 0. The second-order valence-electron chi connectivity index (χ2n) is 7.11. The molecule has 28 heavy (non-hydrogen) atoms. The van der Waals surface area contributed by atoms with Crippen molar-refractivity contribution in [2.75, 3.05) is 13.7 Å². The minimum Gasteiger partial charge on any atom is -0.481 e. The van der Waals surface area contributed by atoms with Crippen LogP contribution in [0.1, 0.15) is 12.8 Å². The molecular weight excluding hydrogens is 380 g/mol. The third kappa shape index (κ3) is 3.61. The first-order valence-corrected chi connectivity index (χ1v) is 8.92. The first kappa shape index (κ1) is 21.0. The number of hydrogen-bond donors (Lipinski definition) is 5. The van der Waals surface area contributed by atoms with Gasteiger partial charge in [0, 0.05) is 11.8 Å². The molecule has 9 atom stereocenters. The topological polar surface area (TPSA) is 172 Å². The van der Waals surface area contributed by atoms with Crippen LogP contribution in [0.2, 0.25) is 0 Å². The molecule has 0 aromatic heterocycles. The van der Waals surface area contributed by atoms with Gasteiger partial charge < -0.3 is 44.5 Å². The molecule has 1 saturated carbocycles. The second-order valence-corrected chi connectivity index (χ2v) is 7.11. The van der Waals surface area contributed by atoms with Crippen LogP contribution < -0.4 is 0 Å². The van der Waals surface area contributed by atoms with Crippen LogP contribution in [0.15, 0.2) is 11.8 Å². The summed E-state index contributed by atoms with van der Waals surface area (Å²) in [5, 5.41) is 48.7. The van der Waals surface area contributed by atoms with E-state index in [0.717, 1.165) is 6.26 Å². The Balaban J connectivity index is 1.83. The fourth-order valence-corrected chi connectivity index (χ4v) is 4.13. The molecule has 0 spiro atoms. The summed E-state index contributed by atoms with van der Waals surface area (Å²) in [4.78, 5) is 23.6. The third-order valence-corrected chi connectivity index (χ3v) is 5.62. The fourth-order valence-electron chi connectivity index (χ4n) is 4.13. The highest BCUT2D eigenvalue weighted by molar-refractivity contribution is 5.89. The maximum atomic E-state index is 12.0. The van der Waals surface area contributed by atoms with Gasteiger partial charge in [-0.15, -0.1) is 0 Å². The summed E-state index contributed by atoms with van der Waals surface area (Å²) >= 11 is 0. The molecule has 0 amide bonds. The standard InChI is InChI=1S/C17H24O11/c1-25-15(24)8-5-26-16(10-6(8)2-3-7(10)14(22)23)28-17-13(21)12(20)11(19)9(4-18)27-17/h5-7,9-13,16-21H,2-4H2,1H3,(H,22,23). The highest BCUT2D eigenvalue weighted by Crippen LogP contribution is 2.47. The number of aliphatic hydroxyl groups excluding tert-OH is 4. The molecule has 3 rings (SSSR count).